The Morgan fingerprint density at radius 1 is 1.11 bits per heavy atom. The van der Waals surface area contributed by atoms with E-state index in [0.717, 1.165) is 28.4 Å². The molecule has 0 aliphatic carbocycles. The van der Waals surface area contributed by atoms with Crippen LogP contribution in [0.3, 0.4) is 0 Å². The number of benzene rings is 2. The van der Waals surface area contributed by atoms with E-state index in [-0.39, 0.29) is 18.9 Å². The van der Waals surface area contributed by atoms with Gasteiger partial charge in [-0.3, -0.25) is 4.79 Å². The van der Waals surface area contributed by atoms with Gasteiger partial charge >= 0.3 is 5.97 Å². The largest absolute Gasteiger partial charge is 0.497 e. The molecule has 2 aromatic carbocycles. The van der Waals surface area contributed by atoms with Crippen LogP contribution in [0.15, 0.2) is 54.1 Å². The van der Waals surface area contributed by atoms with Crippen molar-refractivity contribution in [3.63, 3.8) is 0 Å². The highest BCUT2D eigenvalue weighted by Gasteiger charge is 2.17. The standard InChI is InChI=1S/C27H25N3O6/c1-17-10-20(18(2)30(17)22-5-7-23(33-3)8-6-22)12-21(13-28)27(32)34-15-26(31)29-14-19-4-9-24-25(11-19)36-16-35-24/h4-12H,14-16H2,1-3H3,(H,29,31). The minimum atomic E-state index is -0.870. The zero-order valence-corrected chi connectivity index (χ0v) is 20.2. The van der Waals surface area contributed by atoms with Crippen molar-refractivity contribution >= 4 is 18.0 Å². The lowest BCUT2D eigenvalue weighted by molar-refractivity contribution is -0.144. The first kappa shape index (κ1) is 24.4. The average molecular weight is 488 g/mol. The Labute approximate surface area is 208 Å². The molecule has 0 saturated heterocycles. The summed E-state index contributed by atoms with van der Waals surface area (Å²) in [6.45, 7) is 3.72. The third kappa shape index (κ3) is 5.33. The fraction of sp³-hybridized carbons (Fsp3) is 0.222. The van der Waals surface area contributed by atoms with Crippen LogP contribution < -0.4 is 19.5 Å². The highest BCUT2D eigenvalue weighted by Crippen LogP contribution is 2.32. The second-order valence-corrected chi connectivity index (χ2v) is 8.07. The van der Waals surface area contributed by atoms with Gasteiger partial charge in [-0.1, -0.05) is 6.07 Å². The molecule has 184 valence electrons. The van der Waals surface area contributed by atoms with Crippen molar-refractivity contribution in [2.75, 3.05) is 20.5 Å². The van der Waals surface area contributed by atoms with Crippen molar-refractivity contribution in [2.45, 2.75) is 20.4 Å². The summed E-state index contributed by atoms with van der Waals surface area (Å²) in [4.78, 5) is 24.7. The summed E-state index contributed by atoms with van der Waals surface area (Å²) < 4.78 is 22.9. The van der Waals surface area contributed by atoms with E-state index < -0.39 is 18.5 Å². The number of aromatic nitrogens is 1. The van der Waals surface area contributed by atoms with Crippen molar-refractivity contribution < 1.29 is 28.5 Å². The normalized spacial score (nSPS) is 12.1. The highest BCUT2D eigenvalue weighted by molar-refractivity contribution is 5.99. The molecular formula is C27H25N3O6. The third-order valence-corrected chi connectivity index (χ3v) is 5.70. The predicted molar refractivity (Wildman–Crippen MR) is 131 cm³/mol. The first-order valence-electron chi connectivity index (χ1n) is 11.2. The number of amides is 1. The number of hydrogen-bond donors (Lipinski definition) is 1. The number of rotatable bonds is 8. The quantitative estimate of drug-likeness (QED) is 0.294. The van der Waals surface area contributed by atoms with Gasteiger partial charge in [-0.05, 0) is 73.5 Å². The summed E-state index contributed by atoms with van der Waals surface area (Å²) in [6.07, 6.45) is 1.47. The molecule has 1 aromatic heterocycles. The summed E-state index contributed by atoms with van der Waals surface area (Å²) in [7, 11) is 1.61. The molecule has 0 spiro atoms. The molecule has 1 N–H and O–H groups in total. The van der Waals surface area contributed by atoms with E-state index in [2.05, 4.69) is 5.32 Å². The summed E-state index contributed by atoms with van der Waals surface area (Å²) in [6, 6.07) is 16.7. The molecule has 1 amide bonds. The van der Waals surface area contributed by atoms with Gasteiger partial charge < -0.3 is 28.8 Å². The number of esters is 1. The van der Waals surface area contributed by atoms with Gasteiger partial charge in [0.15, 0.2) is 18.1 Å². The molecule has 1 aliphatic rings. The Morgan fingerprint density at radius 3 is 2.58 bits per heavy atom. The van der Waals surface area contributed by atoms with E-state index in [1.807, 2.05) is 54.8 Å². The number of methoxy groups -OCH3 is 1. The van der Waals surface area contributed by atoms with Crippen LogP contribution in [0.4, 0.5) is 0 Å². The molecule has 0 saturated carbocycles. The molecule has 4 rings (SSSR count). The maximum atomic E-state index is 12.5. The van der Waals surface area contributed by atoms with Crippen molar-refractivity contribution in [2.24, 2.45) is 0 Å². The maximum Gasteiger partial charge on any atom is 0.349 e. The summed E-state index contributed by atoms with van der Waals surface area (Å²) in [5.41, 5.74) is 4.00. The Bertz CT molecular complexity index is 1370. The molecule has 36 heavy (non-hydrogen) atoms. The number of nitriles is 1. The number of carbonyl (C=O) groups excluding carboxylic acids is 2. The summed E-state index contributed by atoms with van der Waals surface area (Å²) in [5, 5.41) is 12.2. The van der Waals surface area contributed by atoms with E-state index in [1.165, 1.54) is 6.08 Å². The molecule has 9 heteroatoms. The zero-order valence-electron chi connectivity index (χ0n) is 20.2. The molecule has 1 aliphatic heterocycles. The van der Waals surface area contributed by atoms with E-state index in [1.54, 1.807) is 25.3 Å². The predicted octanol–water partition coefficient (Wildman–Crippen LogP) is 3.60. The fourth-order valence-corrected chi connectivity index (χ4v) is 3.87. The van der Waals surface area contributed by atoms with E-state index in [0.29, 0.717) is 17.1 Å². The van der Waals surface area contributed by atoms with Crippen LogP contribution in [0.5, 0.6) is 17.2 Å². The average Bonchev–Trinajstić information content (AvgIpc) is 3.47. The minimum Gasteiger partial charge on any atom is -0.497 e. The van der Waals surface area contributed by atoms with Crippen molar-refractivity contribution in [3.8, 4) is 29.0 Å². The molecular weight excluding hydrogens is 462 g/mol. The van der Waals surface area contributed by atoms with E-state index in [4.69, 9.17) is 18.9 Å². The summed E-state index contributed by atoms with van der Waals surface area (Å²) in [5.74, 6) is 0.652. The number of hydrogen-bond acceptors (Lipinski definition) is 7. The van der Waals surface area contributed by atoms with Crippen LogP contribution in [0.2, 0.25) is 0 Å². The molecule has 0 atom stereocenters. The number of fused-ring (bicyclic) bond motifs is 1. The van der Waals surface area contributed by atoms with Crippen LogP contribution in [0.25, 0.3) is 11.8 Å². The molecule has 2 heterocycles. The van der Waals surface area contributed by atoms with Crippen LogP contribution in [-0.4, -0.2) is 37.0 Å². The molecule has 0 radical (unpaired) electrons. The summed E-state index contributed by atoms with van der Waals surface area (Å²) >= 11 is 0. The second-order valence-electron chi connectivity index (χ2n) is 8.07. The van der Waals surface area contributed by atoms with Gasteiger partial charge in [0.2, 0.25) is 6.79 Å². The van der Waals surface area contributed by atoms with E-state index >= 15 is 0 Å². The number of nitrogens with zero attached hydrogens (tertiary/aromatic N) is 2. The Morgan fingerprint density at radius 2 is 1.86 bits per heavy atom. The van der Waals surface area contributed by atoms with Gasteiger partial charge in [0.25, 0.3) is 5.91 Å². The van der Waals surface area contributed by atoms with Crippen LogP contribution in [0.1, 0.15) is 22.5 Å². The monoisotopic (exact) mass is 487 g/mol. The van der Waals surface area contributed by atoms with Crippen molar-refractivity contribution in [3.05, 3.63) is 76.6 Å². The number of nitrogens with one attached hydrogen (secondary N) is 1. The lowest BCUT2D eigenvalue weighted by Gasteiger charge is -2.10. The Balaban J connectivity index is 1.37. The maximum absolute atomic E-state index is 12.5. The molecule has 9 nitrogen and oxygen atoms in total. The van der Waals surface area contributed by atoms with Crippen molar-refractivity contribution in [1.82, 2.24) is 9.88 Å². The first-order valence-corrected chi connectivity index (χ1v) is 11.2. The van der Waals surface area contributed by atoms with Gasteiger partial charge in [0.1, 0.15) is 17.4 Å². The zero-order chi connectivity index (χ0) is 25.7. The lowest BCUT2D eigenvalue weighted by atomic mass is 10.1. The topological polar surface area (TPSA) is 112 Å². The number of aryl methyl sites for hydroxylation is 1. The van der Waals surface area contributed by atoms with Crippen LogP contribution in [0, 0.1) is 25.2 Å². The SMILES string of the molecule is COc1ccc(-n2c(C)cc(C=C(C#N)C(=O)OCC(=O)NCc3ccc4c(c3)OCO4)c2C)cc1. The third-order valence-electron chi connectivity index (χ3n) is 5.70. The minimum absolute atomic E-state index is 0.168. The number of ether oxygens (including phenoxy) is 4. The smallest absolute Gasteiger partial charge is 0.349 e. The molecule has 3 aromatic rings. The molecule has 0 fully saturated rings. The van der Waals surface area contributed by atoms with Crippen LogP contribution in [-0.2, 0) is 20.9 Å². The lowest BCUT2D eigenvalue weighted by Crippen LogP contribution is -2.28. The van der Waals surface area contributed by atoms with Crippen LogP contribution >= 0.6 is 0 Å². The van der Waals surface area contributed by atoms with Gasteiger partial charge in [0.05, 0.1) is 7.11 Å². The van der Waals surface area contributed by atoms with Gasteiger partial charge in [0, 0.05) is 23.6 Å². The molecule has 0 unspecified atom stereocenters. The van der Waals surface area contributed by atoms with Gasteiger partial charge in [-0.2, -0.15) is 5.26 Å². The highest BCUT2D eigenvalue weighted by atomic mass is 16.7. The second kappa shape index (κ2) is 10.7. The van der Waals surface area contributed by atoms with Crippen molar-refractivity contribution in [1.29, 1.82) is 5.26 Å². The molecule has 0 bridgehead atoms. The van der Waals surface area contributed by atoms with E-state index in [9.17, 15) is 14.9 Å². The van der Waals surface area contributed by atoms with Gasteiger partial charge in [-0.15, -0.1) is 0 Å². The number of carbonyl (C=O) groups is 2. The Hall–Kier alpha value is -4.71. The fourth-order valence-electron chi connectivity index (χ4n) is 3.87. The first-order chi connectivity index (χ1) is 17.4. The Kier molecular flexibility index (Phi) is 7.25. The van der Waals surface area contributed by atoms with Gasteiger partial charge in [-0.25, -0.2) is 4.79 Å².